The first-order valence-corrected chi connectivity index (χ1v) is 5.96. The van der Waals surface area contributed by atoms with Crippen LogP contribution in [0.4, 0.5) is 8.78 Å². The maximum absolute atomic E-state index is 12.0. The fraction of sp³-hybridized carbons (Fsp3) is 0.385. The topological polar surface area (TPSA) is 75.6 Å². The quantitative estimate of drug-likeness (QED) is 0.806. The molecule has 5 nitrogen and oxygen atoms in total. The summed E-state index contributed by atoms with van der Waals surface area (Å²) >= 11 is 0. The van der Waals surface area contributed by atoms with Crippen LogP contribution in [0, 0.1) is 0 Å². The summed E-state index contributed by atoms with van der Waals surface area (Å²) in [7, 11) is 0. The molecule has 0 aliphatic carbocycles. The van der Waals surface area contributed by atoms with E-state index in [2.05, 4.69) is 10.1 Å². The SMILES string of the molecule is CC(CCC(=O)O)NC(=O)c1ccc(OC(F)F)cc1. The van der Waals surface area contributed by atoms with Gasteiger partial charge in [-0.05, 0) is 37.6 Å². The predicted molar refractivity (Wildman–Crippen MR) is 66.9 cm³/mol. The Morgan fingerprint density at radius 2 is 1.90 bits per heavy atom. The predicted octanol–water partition coefficient (Wildman–Crippen LogP) is 2.27. The van der Waals surface area contributed by atoms with E-state index in [1.54, 1.807) is 6.92 Å². The number of hydrogen-bond donors (Lipinski definition) is 2. The average molecular weight is 287 g/mol. The van der Waals surface area contributed by atoms with E-state index in [1.165, 1.54) is 24.3 Å². The van der Waals surface area contributed by atoms with Crippen LogP contribution in [-0.2, 0) is 4.79 Å². The molecule has 0 fully saturated rings. The highest BCUT2D eigenvalue weighted by Gasteiger charge is 2.11. The van der Waals surface area contributed by atoms with E-state index in [9.17, 15) is 18.4 Å². The van der Waals surface area contributed by atoms with E-state index in [-0.39, 0.29) is 23.8 Å². The molecule has 0 bridgehead atoms. The number of carboxylic acid groups (broad SMARTS) is 1. The van der Waals surface area contributed by atoms with Crippen molar-refractivity contribution < 1.29 is 28.2 Å². The second-order valence-electron chi connectivity index (χ2n) is 4.21. The molecule has 1 unspecified atom stereocenters. The van der Waals surface area contributed by atoms with Crippen LogP contribution in [0.3, 0.4) is 0 Å². The number of alkyl halides is 2. The van der Waals surface area contributed by atoms with Crippen molar-refractivity contribution in [3.8, 4) is 5.75 Å². The molecule has 0 aromatic heterocycles. The maximum Gasteiger partial charge on any atom is 0.387 e. The number of nitrogens with one attached hydrogen (secondary N) is 1. The lowest BCUT2D eigenvalue weighted by atomic mass is 10.1. The molecule has 0 aliphatic heterocycles. The van der Waals surface area contributed by atoms with Crippen LogP contribution in [0.5, 0.6) is 5.75 Å². The van der Waals surface area contributed by atoms with Crippen LogP contribution in [0.1, 0.15) is 30.1 Å². The minimum atomic E-state index is -2.91. The highest BCUT2D eigenvalue weighted by atomic mass is 19.3. The van der Waals surface area contributed by atoms with Gasteiger partial charge in [0.05, 0.1) is 0 Å². The Hall–Kier alpha value is -2.18. The molecule has 1 aromatic rings. The van der Waals surface area contributed by atoms with Crippen molar-refractivity contribution in [2.45, 2.75) is 32.4 Å². The van der Waals surface area contributed by atoms with Gasteiger partial charge in [0.2, 0.25) is 0 Å². The smallest absolute Gasteiger partial charge is 0.387 e. The first-order valence-electron chi connectivity index (χ1n) is 5.96. The molecule has 7 heteroatoms. The lowest BCUT2D eigenvalue weighted by molar-refractivity contribution is -0.137. The van der Waals surface area contributed by atoms with E-state index < -0.39 is 18.5 Å². The van der Waals surface area contributed by atoms with Gasteiger partial charge < -0.3 is 15.2 Å². The van der Waals surface area contributed by atoms with Gasteiger partial charge in [-0.2, -0.15) is 8.78 Å². The molecular weight excluding hydrogens is 272 g/mol. The molecule has 1 aromatic carbocycles. The molecule has 20 heavy (non-hydrogen) atoms. The molecule has 0 aliphatic rings. The number of carbonyl (C=O) groups excluding carboxylic acids is 1. The molecule has 0 spiro atoms. The number of hydrogen-bond acceptors (Lipinski definition) is 3. The molecule has 0 saturated heterocycles. The summed E-state index contributed by atoms with van der Waals surface area (Å²) in [5.41, 5.74) is 0.286. The van der Waals surface area contributed by atoms with E-state index in [0.717, 1.165) is 0 Å². The van der Waals surface area contributed by atoms with E-state index in [0.29, 0.717) is 6.42 Å². The second-order valence-corrected chi connectivity index (χ2v) is 4.21. The number of ether oxygens (including phenoxy) is 1. The largest absolute Gasteiger partial charge is 0.481 e. The van der Waals surface area contributed by atoms with Crippen LogP contribution < -0.4 is 10.1 Å². The zero-order chi connectivity index (χ0) is 15.1. The number of benzene rings is 1. The number of carbonyl (C=O) groups is 2. The van der Waals surface area contributed by atoms with Gasteiger partial charge in [0.1, 0.15) is 5.75 Å². The van der Waals surface area contributed by atoms with Crippen molar-refractivity contribution in [1.29, 1.82) is 0 Å². The van der Waals surface area contributed by atoms with Crippen LogP contribution in [0.25, 0.3) is 0 Å². The fourth-order valence-electron chi connectivity index (χ4n) is 1.51. The number of aliphatic carboxylic acids is 1. The van der Waals surface area contributed by atoms with Crippen LogP contribution in [0.2, 0.25) is 0 Å². The number of carboxylic acids is 1. The molecule has 2 N–H and O–H groups in total. The number of halogens is 2. The highest BCUT2D eigenvalue weighted by Crippen LogP contribution is 2.15. The third kappa shape index (κ3) is 5.64. The highest BCUT2D eigenvalue weighted by molar-refractivity contribution is 5.94. The van der Waals surface area contributed by atoms with Crippen molar-refractivity contribution in [2.75, 3.05) is 0 Å². The van der Waals surface area contributed by atoms with Crippen LogP contribution in [0.15, 0.2) is 24.3 Å². The Morgan fingerprint density at radius 3 is 2.40 bits per heavy atom. The summed E-state index contributed by atoms with van der Waals surface area (Å²) in [5, 5.41) is 11.1. The Bertz CT molecular complexity index is 462. The van der Waals surface area contributed by atoms with Crippen molar-refractivity contribution in [2.24, 2.45) is 0 Å². The summed E-state index contributed by atoms with van der Waals surface area (Å²) in [6.45, 7) is -1.22. The summed E-state index contributed by atoms with van der Waals surface area (Å²) < 4.78 is 28.1. The molecule has 110 valence electrons. The lowest BCUT2D eigenvalue weighted by Gasteiger charge is -2.13. The molecule has 1 atom stereocenters. The second kappa shape index (κ2) is 7.42. The van der Waals surface area contributed by atoms with E-state index >= 15 is 0 Å². The average Bonchev–Trinajstić information content (AvgIpc) is 2.36. The van der Waals surface area contributed by atoms with Crippen molar-refractivity contribution >= 4 is 11.9 Å². The summed E-state index contributed by atoms with van der Waals surface area (Å²) in [6.07, 6.45) is 0.274. The normalized spacial score (nSPS) is 12.0. The summed E-state index contributed by atoms with van der Waals surface area (Å²) in [6, 6.07) is 4.95. The van der Waals surface area contributed by atoms with E-state index in [1.807, 2.05) is 0 Å². The summed E-state index contributed by atoms with van der Waals surface area (Å²) in [5.74, 6) is -1.36. The Balaban J connectivity index is 2.52. The molecule has 1 rings (SSSR count). The molecule has 0 heterocycles. The number of rotatable bonds is 7. The standard InChI is InChI=1S/C13H15F2NO4/c1-8(2-7-11(17)18)16-12(19)9-3-5-10(6-4-9)20-13(14)15/h3-6,8,13H,2,7H2,1H3,(H,16,19)(H,17,18). The van der Waals surface area contributed by atoms with Gasteiger partial charge in [-0.15, -0.1) is 0 Å². The zero-order valence-corrected chi connectivity index (χ0v) is 10.8. The molecule has 0 radical (unpaired) electrons. The third-order valence-corrected chi connectivity index (χ3v) is 2.51. The van der Waals surface area contributed by atoms with Gasteiger partial charge in [0.25, 0.3) is 5.91 Å². The van der Waals surface area contributed by atoms with Gasteiger partial charge in [-0.1, -0.05) is 0 Å². The van der Waals surface area contributed by atoms with Gasteiger partial charge in [-0.3, -0.25) is 9.59 Å². The summed E-state index contributed by atoms with van der Waals surface area (Å²) in [4.78, 5) is 22.2. The van der Waals surface area contributed by atoms with Gasteiger partial charge in [0.15, 0.2) is 0 Å². The molecule has 0 saturated carbocycles. The minimum Gasteiger partial charge on any atom is -0.481 e. The zero-order valence-electron chi connectivity index (χ0n) is 10.8. The maximum atomic E-state index is 12.0. The van der Waals surface area contributed by atoms with Crippen molar-refractivity contribution in [3.63, 3.8) is 0 Å². The van der Waals surface area contributed by atoms with Gasteiger partial charge in [0, 0.05) is 18.0 Å². The molecular formula is C13H15F2NO4. The first-order chi connectivity index (χ1) is 9.38. The first kappa shape index (κ1) is 15.9. The van der Waals surface area contributed by atoms with Crippen molar-refractivity contribution in [3.05, 3.63) is 29.8 Å². The van der Waals surface area contributed by atoms with Crippen LogP contribution in [-0.4, -0.2) is 29.6 Å². The van der Waals surface area contributed by atoms with Gasteiger partial charge >= 0.3 is 12.6 Å². The van der Waals surface area contributed by atoms with Crippen LogP contribution >= 0.6 is 0 Å². The minimum absolute atomic E-state index is 0.0320. The van der Waals surface area contributed by atoms with Crippen molar-refractivity contribution in [1.82, 2.24) is 5.32 Å². The lowest BCUT2D eigenvalue weighted by Crippen LogP contribution is -2.32. The Morgan fingerprint density at radius 1 is 1.30 bits per heavy atom. The third-order valence-electron chi connectivity index (χ3n) is 2.51. The monoisotopic (exact) mass is 287 g/mol. The Labute approximate surface area is 114 Å². The number of amides is 1. The Kier molecular flexibility index (Phi) is 5.89. The van der Waals surface area contributed by atoms with E-state index in [4.69, 9.17) is 5.11 Å². The fourth-order valence-corrected chi connectivity index (χ4v) is 1.51. The molecule has 1 amide bonds. The van der Waals surface area contributed by atoms with Gasteiger partial charge in [-0.25, -0.2) is 0 Å².